The van der Waals surface area contributed by atoms with Crippen molar-refractivity contribution < 1.29 is 13.5 Å². The fourth-order valence-electron chi connectivity index (χ4n) is 2.59. The van der Waals surface area contributed by atoms with E-state index < -0.39 is 10.0 Å². The number of phenols is 1. The van der Waals surface area contributed by atoms with Crippen LogP contribution in [0.4, 0.5) is 0 Å². The van der Waals surface area contributed by atoms with E-state index in [9.17, 15) is 13.5 Å². The van der Waals surface area contributed by atoms with Gasteiger partial charge in [-0.15, -0.1) is 11.8 Å². The molecule has 0 spiro atoms. The van der Waals surface area contributed by atoms with Crippen LogP contribution in [0.5, 0.6) is 5.75 Å². The van der Waals surface area contributed by atoms with Crippen molar-refractivity contribution in [2.75, 3.05) is 13.1 Å². The number of thioether (sulfide) groups is 1. The average Bonchev–Trinajstić information content (AvgIpc) is 2.99. The van der Waals surface area contributed by atoms with Crippen LogP contribution in [0.15, 0.2) is 58.3 Å². The van der Waals surface area contributed by atoms with E-state index in [0.29, 0.717) is 18.0 Å². The van der Waals surface area contributed by atoms with E-state index in [1.807, 2.05) is 31.2 Å². The molecule has 1 aliphatic heterocycles. The molecule has 23 heavy (non-hydrogen) atoms. The van der Waals surface area contributed by atoms with Crippen LogP contribution in [0.2, 0.25) is 0 Å². The van der Waals surface area contributed by atoms with Gasteiger partial charge in [-0.05, 0) is 49.7 Å². The first kappa shape index (κ1) is 16.4. The lowest BCUT2D eigenvalue weighted by Crippen LogP contribution is -2.29. The fraction of sp³-hybridized carbons (Fsp3) is 0.294. The van der Waals surface area contributed by atoms with Crippen LogP contribution in [-0.4, -0.2) is 36.2 Å². The van der Waals surface area contributed by atoms with Gasteiger partial charge >= 0.3 is 0 Å². The third-order valence-corrected chi connectivity index (χ3v) is 7.05. The molecule has 1 unspecified atom stereocenters. The average molecular weight is 349 g/mol. The SMILES string of the molecule is Cc1ccc(S(=O)(=O)N2CCC(Sc3ccc(O)cc3)C2)cc1. The summed E-state index contributed by atoms with van der Waals surface area (Å²) in [5.41, 5.74) is 1.05. The molecule has 3 rings (SSSR count). The zero-order valence-corrected chi connectivity index (χ0v) is 14.5. The van der Waals surface area contributed by atoms with E-state index in [-0.39, 0.29) is 11.0 Å². The molecule has 0 saturated carbocycles. The predicted octanol–water partition coefficient (Wildman–Crippen LogP) is 3.26. The van der Waals surface area contributed by atoms with Crippen molar-refractivity contribution >= 4 is 21.8 Å². The molecular formula is C17H19NO3S2. The fourth-order valence-corrected chi connectivity index (χ4v) is 5.34. The molecule has 1 fully saturated rings. The van der Waals surface area contributed by atoms with Crippen LogP contribution in [0.3, 0.4) is 0 Å². The number of rotatable bonds is 4. The Morgan fingerprint density at radius 1 is 1.09 bits per heavy atom. The Kier molecular flexibility index (Phi) is 4.66. The molecular weight excluding hydrogens is 330 g/mol. The van der Waals surface area contributed by atoms with Crippen LogP contribution in [0.25, 0.3) is 0 Å². The molecule has 0 radical (unpaired) electrons. The zero-order valence-electron chi connectivity index (χ0n) is 12.8. The maximum absolute atomic E-state index is 12.7. The lowest BCUT2D eigenvalue weighted by molar-refractivity contribution is 0.475. The number of sulfonamides is 1. The first-order valence-corrected chi connectivity index (χ1v) is 9.79. The summed E-state index contributed by atoms with van der Waals surface area (Å²) in [5, 5.41) is 9.55. The van der Waals surface area contributed by atoms with E-state index in [1.165, 1.54) is 0 Å². The van der Waals surface area contributed by atoms with E-state index >= 15 is 0 Å². The third kappa shape index (κ3) is 3.71. The Labute approximate surface area is 141 Å². The number of benzene rings is 2. The molecule has 0 aliphatic carbocycles. The van der Waals surface area contributed by atoms with Crippen LogP contribution in [0.1, 0.15) is 12.0 Å². The third-order valence-electron chi connectivity index (χ3n) is 3.91. The molecule has 0 amide bonds. The first-order chi connectivity index (χ1) is 10.9. The summed E-state index contributed by atoms with van der Waals surface area (Å²) < 4.78 is 26.9. The number of hydrogen-bond donors (Lipinski definition) is 1. The molecule has 1 heterocycles. The molecule has 1 N–H and O–H groups in total. The topological polar surface area (TPSA) is 57.6 Å². The minimum absolute atomic E-state index is 0.236. The molecule has 6 heteroatoms. The molecule has 0 bridgehead atoms. The minimum atomic E-state index is -3.41. The van der Waals surface area contributed by atoms with E-state index in [0.717, 1.165) is 16.9 Å². The quantitative estimate of drug-likeness (QED) is 0.920. The Morgan fingerprint density at radius 3 is 2.39 bits per heavy atom. The zero-order chi connectivity index (χ0) is 16.4. The second-order valence-electron chi connectivity index (χ2n) is 5.70. The number of hydrogen-bond acceptors (Lipinski definition) is 4. The van der Waals surface area contributed by atoms with Gasteiger partial charge in [0, 0.05) is 23.2 Å². The van der Waals surface area contributed by atoms with Crippen LogP contribution >= 0.6 is 11.8 Å². The van der Waals surface area contributed by atoms with Crippen LogP contribution in [-0.2, 0) is 10.0 Å². The summed E-state index contributed by atoms with van der Waals surface area (Å²) in [6.07, 6.45) is 0.830. The number of aromatic hydroxyl groups is 1. The Bertz CT molecular complexity index is 770. The maximum atomic E-state index is 12.7. The molecule has 122 valence electrons. The smallest absolute Gasteiger partial charge is 0.243 e. The lowest BCUT2D eigenvalue weighted by Gasteiger charge is -2.16. The predicted molar refractivity (Wildman–Crippen MR) is 92.3 cm³/mol. The summed E-state index contributed by atoms with van der Waals surface area (Å²) in [6, 6.07) is 14.0. The van der Waals surface area contributed by atoms with Gasteiger partial charge in [-0.1, -0.05) is 17.7 Å². The first-order valence-electron chi connectivity index (χ1n) is 7.48. The highest BCUT2D eigenvalue weighted by molar-refractivity contribution is 8.00. The lowest BCUT2D eigenvalue weighted by atomic mass is 10.2. The second-order valence-corrected chi connectivity index (χ2v) is 9.01. The van der Waals surface area contributed by atoms with Gasteiger partial charge in [0.25, 0.3) is 0 Å². The Morgan fingerprint density at radius 2 is 1.74 bits per heavy atom. The summed E-state index contributed by atoms with van der Waals surface area (Å²) in [6.45, 7) is 3.00. The number of nitrogens with zero attached hydrogens (tertiary/aromatic N) is 1. The molecule has 4 nitrogen and oxygen atoms in total. The van der Waals surface area contributed by atoms with Crippen molar-refractivity contribution in [2.45, 2.75) is 28.4 Å². The molecule has 1 atom stereocenters. The monoisotopic (exact) mass is 349 g/mol. The van der Waals surface area contributed by atoms with Crippen molar-refractivity contribution in [1.82, 2.24) is 4.31 Å². The summed E-state index contributed by atoms with van der Waals surface area (Å²) >= 11 is 1.66. The van der Waals surface area contributed by atoms with Crippen molar-refractivity contribution in [1.29, 1.82) is 0 Å². The largest absolute Gasteiger partial charge is 0.508 e. The van der Waals surface area contributed by atoms with Crippen molar-refractivity contribution in [3.05, 3.63) is 54.1 Å². The number of aryl methyl sites for hydroxylation is 1. The van der Waals surface area contributed by atoms with Gasteiger partial charge < -0.3 is 5.11 Å². The van der Waals surface area contributed by atoms with Gasteiger partial charge in [0.1, 0.15) is 5.75 Å². The van der Waals surface area contributed by atoms with E-state index in [2.05, 4.69) is 0 Å². The minimum Gasteiger partial charge on any atom is -0.508 e. The standard InChI is InChI=1S/C17H19NO3S2/c1-13-2-8-17(9-3-13)23(20,21)18-11-10-16(12-18)22-15-6-4-14(19)5-7-15/h2-9,16,19H,10-12H2,1H3. The van der Waals surface area contributed by atoms with Crippen LogP contribution < -0.4 is 0 Å². The number of phenolic OH excluding ortho intramolecular Hbond substituents is 1. The van der Waals surface area contributed by atoms with E-state index in [4.69, 9.17) is 0 Å². The highest BCUT2D eigenvalue weighted by Gasteiger charge is 2.32. The molecule has 1 aliphatic rings. The Balaban J connectivity index is 1.69. The van der Waals surface area contributed by atoms with Gasteiger partial charge in [-0.3, -0.25) is 0 Å². The van der Waals surface area contributed by atoms with E-state index in [1.54, 1.807) is 40.3 Å². The maximum Gasteiger partial charge on any atom is 0.243 e. The van der Waals surface area contributed by atoms with Gasteiger partial charge in [-0.2, -0.15) is 4.31 Å². The van der Waals surface area contributed by atoms with Crippen molar-refractivity contribution in [3.63, 3.8) is 0 Å². The van der Waals surface area contributed by atoms with Crippen LogP contribution in [0, 0.1) is 6.92 Å². The second kappa shape index (κ2) is 6.55. The summed E-state index contributed by atoms with van der Waals surface area (Å²) in [5.74, 6) is 0.240. The van der Waals surface area contributed by atoms with Gasteiger partial charge in [0.05, 0.1) is 4.90 Å². The highest BCUT2D eigenvalue weighted by atomic mass is 32.2. The summed E-state index contributed by atoms with van der Waals surface area (Å²) in [4.78, 5) is 1.40. The van der Waals surface area contributed by atoms with Crippen molar-refractivity contribution in [2.24, 2.45) is 0 Å². The molecule has 2 aromatic carbocycles. The molecule has 0 aromatic heterocycles. The normalized spacial score (nSPS) is 19.1. The molecule has 1 saturated heterocycles. The van der Waals surface area contributed by atoms with Crippen molar-refractivity contribution in [3.8, 4) is 5.75 Å². The highest BCUT2D eigenvalue weighted by Crippen LogP contribution is 2.33. The van der Waals surface area contributed by atoms with Gasteiger partial charge in [-0.25, -0.2) is 8.42 Å². The summed E-state index contributed by atoms with van der Waals surface area (Å²) in [7, 11) is -3.41. The Hall–Kier alpha value is -1.50. The van der Waals surface area contributed by atoms with Gasteiger partial charge in [0.15, 0.2) is 0 Å². The molecule has 2 aromatic rings. The van der Waals surface area contributed by atoms with Gasteiger partial charge in [0.2, 0.25) is 10.0 Å².